The Labute approximate surface area is 96.2 Å². The number of aliphatic hydroxyl groups excluding tert-OH is 1. The van der Waals surface area contributed by atoms with Gasteiger partial charge in [0.25, 0.3) is 0 Å². The molecular weight excluding hydrogens is 208 g/mol. The summed E-state index contributed by atoms with van der Waals surface area (Å²) in [5, 5.41) is 21.1. The maximum Gasteiger partial charge on any atom is 0.246 e. The molecule has 1 atom stereocenters. The average Bonchev–Trinajstić information content (AvgIpc) is 2.11. The lowest BCUT2D eigenvalue weighted by Crippen LogP contribution is -2.61. The van der Waals surface area contributed by atoms with Gasteiger partial charge in [0.05, 0.1) is 0 Å². The highest BCUT2D eigenvalue weighted by Crippen LogP contribution is 2.41. The molecule has 4 N–H and O–H groups in total. The molecule has 1 unspecified atom stereocenters. The normalized spacial score (nSPS) is 27.6. The van der Waals surface area contributed by atoms with Gasteiger partial charge in [-0.05, 0) is 46.5 Å². The molecule has 0 aromatic carbocycles. The largest absolute Gasteiger partial charge is 0.383 e. The highest BCUT2D eigenvalue weighted by atomic mass is 16.5. The molecule has 1 fully saturated rings. The Hall–Kier alpha value is -0.650. The van der Waals surface area contributed by atoms with Crippen molar-refractivity contribution in [3.05, 3.63) is 0 Å². The fraction of sp³-hybridized carbons (Fsp3) is 0.909. The summed E-state index contributed by atoms with van der Waals surface area (Å²) in [6.45, 7) is 7.53. The highest BCUT2D eigenvalue weighted by molar-refractivity contribution is 5.78. The third kappa shape index (κ3) is 2.36. The summed E-state index contributed by atoms with van der Waals surface area (Å²) in [5.41, 5.74) is 4.17. The van der Waals surface area contributed by atoms with E-state index in [0.717, 1.165) is 0 Å². The van der Waals surface area contributed by atoms with Crippen molar-refractivity contribution >= 4 is 5.91 Å². The minimum atomic E-state index is -1.13. The topological polar surface area (TPSA) is 86.8 Å². The van der Waals surface area contributed by atoms with E-state index in [0.29, 0.717) is 12.8 Å². The van der Waals surface area contributed by atoms with Gasteiger partial charge in [-0.3, -0.25) is 4.79 Å². The van der Waals surface area contributed by atoms with E-state index in [9.17, 15) is 15.1 Å². The zero-order valence-corrected chi connectivity index (χ0v) is 10.4. The molecule has 94 valence electrons. The molecule has 0 saturated carbocycles. The summed E-state index contributed by atoms with van der Waals surface area (Å²) in [7, 11) is 0. The van der Waals surface area contributed by atoms with E-state index >= 15 is 0 Å². The number of carbonyl (C=O) groups excluding carboxylic acids is 1. The van der Waals surface area contributed by atoms with Crippen molar-refractivity contribution in [1.29, 1.82) is 0 Å². The van der Waals surface area contributed by atoms with Crippen LogP contribution in [0.2, 0.25) is 0 Å². The number of piperidine rings is 1. The van der Waals surface area contributed by atoms with Crippen LogP contribution in [0, 0.1) is 5.92 Å². The molecule has 1 aliphatic rings. The Kier molecular flexibility index (Phi) is 3.34. The van der Waals surface area contributed by atoms with Crippen LogP contribution in [0.1, 0.15) is 40.5 Å². The van der Waals surface area contributed by atoms with E-state index in [1.54, 1.807) is 0 Å². The van der Waals surface area contributed by atoms with Crippen molar-refractivity contribution in [1.82, 2.24) is 5.06 Å². The number of aliphatic hydroxyl groups is 1. The maximum atomic E-state index is 11.0. The fourth-order valence-corrected chi connectivity index (χ4v) is 2.80. The molecule has 1 amide bonds. The molecular formula is C11H22N2O3. The van der Waals surface area contributed by atoms with E-state index in [4.69, 9.17) is 5.73 Å². The Morgan fingerprint density at radius 1 is 1.31 bits per heavy atom. The first-order valence-electron chi connectivity index (χ1n) is 5.54. The van der Waals surface area contributed by atoms with Gasteiger partial charge in [0, 0.05) is 11.1 Å². The standard InChI is InChI=1S/C11H22N2O3/c1-10(2)5-7(8(14)9(12)15)6-11(3,4)13(10)16/h7-8,14,16H,5-6H2,1-4H3,(H2,12,15). The van der Waals surface area contributed by atoms with Gasteiger partial charge < -0.3 is 16.0 Å². The average molecular weight is 230 g/mol. The van der Waals surface area contributed by atoms with Gasteiger partial charge in [0.2, 0.25) is 5.91 Å². The number of hydrogen-bond donors (Lipinski definition) is 3. The zero-order chi connectivity index (χ0) is 12.7. The monoisotopic (exact) mass is 230 g/mol. The van der Waals surface area contributed by atoms with Crippen LogP contribution in [0.25, 0.3) is 0 Å². The number of primary amides is 1. The first-order valence-corrected chi connectivity index (χ1v) is 5.54. The highest BCUT2D eigenvalue weighted by Gasteiger charge is 2.47. The van der Waals surface area contributed by atoms with Crippen molar-refractivity contribution in [2.75, 3.05) is 0 Å². The third-order valence-corrected chi connectivity index (χ3v) is 3.41. The summed E-state index contributed by atoms with van der Waals surface area (Å²) >= 11 is 0. The predicted octanol–water partition coefficient (Wildman–Crippen LogP) is 0.491. The molecule has 1 heterocycles. The van der Waals surface area contributed by atoms with Crippen molar-refractivity contribution in [3.8, 4) is 0 Å². The number of carbonyl (C=O) groups is 1. The quantitative estimate of drug-likeness (QED) is 0.644. The molecule has 5 nitrogen and oxygen atoms in total. The third-order valence-electron chi connectivity index (χ3n) is 3.41. The SMILES string of the molecule is CC1(C)CC(C(O)C(N)=O)CC(C)(C)N1O. The molecule has 16 heavy (non-hydrogen) atoms. The van der Waals surface area contributed by atoms with Crippen LogP contribution >= 0.6 is 0 Å². The van der Waals surface area contributed by atoms with Crippen LogP contribution in [0.5, 0.6) is 0 Å². The second kappa shape index (κ2) is 3.98. The van der Waals surface area contributed by atoms with Crippen molar-refractivity contribution in [2.45, 2.75) is 57.7 Å². The molecule has 0 aromatic heterocycles. The van der Waals surface area contributed by atoms with E-state index in [1.165, 1.54) is 5.06 Å². The molecule has 1 aliphatic heterocycles. The Morgan fingerprint density at radius 2 is 1.69 bits per heavy atom. The minimum Gasteiger partial charge on any atom is -0.383 e. The van der Waals surface area contributed by atoms with E-state index in [2.05, 4.69) is 0 Å². The number of nitrogens with zero attached hydrogens (tertiary/aromatic N) is 1. The Bertz CT molecular complexity index is 271. The summed E-state index contributed by atoms with van der Waals surface area (Å²) in [4.78, 5) is 11.0. The lowest BCUT2D eigenvalue weighted by Gasteiger charge is -2.52. The van der Waals surface area contributed by atoms with E-state index < -0.39 is 23.1 Å². The van der Waals surface area contributed by atoms with Crippen LogP contribution in [0.3, 0.4) is 0 Å². The van der Waals surface area contributed by atoms with Crippen LogP contribution in [0.15, 0.2) is 0 Å². The summed E-state index contributed by atoms with van der Waals surface area (Å²) in [6.07, 6.45) is -0.0547. The Morgan fingerprint density at radius 3 is 2.00 bits per heavy atom. The van der Waals surface area contributed by atoms with Gasteiger partial charge in [-0.15, -0.1) is 0 Å². The summed E-state index contributed by atoms with van der Waals surface area (Å²) in [5.74, 6) is -0.895. The van der Waals surface area contributed by atoms with Crippen LogP contribution in [-0.2, 0) is 4.79 Å². The van der Waals surface area contributed by atoms with Gasteiger partial charge in [-0.1, -0.05) is 0 Å². The fourth-order valence-electron chi connectivity index (χ4n) is 2.80. The molecule has 1 saturated heterocycles. The number of amides is 1. The molecule has 0 bridgehead atoms. The first kappa shape index (κ1) is 13.4. The summed E-state index contributed by atoms with van der Waals surface area (Å²) < 4.78 is 0. The smallest absolute Gasteiger partial charge is 0.246 e. The van der Waals surface area contributed by atoms with Gasteiger partial charge >= 0.3 is 0 Å². The maximum absolute atomic E-state index is 11.0. The lowest BCUT2D eigenvalue weighted by atomic mass is 9.73. The second-order valence-electron chi connectivity index (χ2n) is 5.95. The van der Waals surface area contributed by atoms with Crippen LogP contribution < -0.4 is 5.73 Å². The van der Waals surface area contributed by atoms with Gasteiger partial charge in [0.15, 0.2) is 0 Å². The van der Waals surface area contributed by atoms with Crippen molar-refractivity contribution in [2.24, 2.45) is 11.7 Å². The molecule has 0 radical (unpaired) electrons. The molecule has 5 heteroatoms. The van der Waals surface area contributed by atoms with E-state index in [-0.39, 0.29) is 5.92 Å². The minimum absolute atomic E-state index is 0.203. The number of rotatable bonds is 2. The predicted molar refractivity (Wildman–Crippen MR) is 59.7 cm³/mol. The van der Waals surface area contributed by atoms with Crippen LogP contribution in [0.4, 0.5) is 0 Å². The molecule has 0 spiro atoms. The molecule has 1 rings (SSSR count). The lowest BCUT2D eigenvalue weighted by molar-refractivity contribution is -0.255. The van der Waals surface area contributed by atoms with E-state index in [1.807, 2.05) is 27.7 Å². The molecule has 0 aromatic rings. The first-order chi connectivity index (χ1) is 7.08. The van der Waals surface area contributed by atoms with Crippen LogP contribution in [-0.4, -0.2) is 38.5 Å². The molecule has 0 aliphatic carbocycles. The van der Waals surface area contributed by atoms with Crippen molar-refractivity contribution < 1.29 is 15.1 Å². The Balaban J connectivity index is 2.91. The van der Waals surface area contributed by atoms with Gasteiger partial charge in [-0.25, -0.2) is 0 Å². The number of hydrogen-bond acceptors (Lipinski definition) is 4. The number of nitrogens with two attached hydrogens (primary N) is 1. The number of hydroxylamine groups is 2. The summed E-state index contributed by atoms with van der Waals surface area (Å²) in [6, 6.07) is 0. The van der Waals surface area contributed by atoms with Gasteiger partial charge in [-0.2, -0.15) is 5.06 Å². The zero-order valence-electron chi connectivity index (χ0n) is 10.4. The van der Waals surface area contributed by atoms with Crippen molar-refractivity contribution in [3.63, 3.8) is 0 Å². The second-order valence-corrected chi connectivity index (χ2v) is 5.95. The van der Waals surface area contributed by atoms with Gasteiger partial charge in [0.1, 0.15) is 6.10 Å².